The first kappa shape index (κ1) is 32.6. The Morgan fingerprint density at radius 2 is 1.41 bits per heavy atom. The summed E-state index contributed by atoms with van der Waals surface area (Å²) in [7, 11) is 1.38. The van der Waals surface area contributed by atoms with Crippen molar-refractivity contribution in [1.29, 1.82) is 0 Å². The molecular weight excluding hydrogens is 557 g/mol. The topological polar surface area (TPSA) is 76.1 Å². The van der Waals surface area contributed by atoms with E-state index in [-0.39, 0.29) is 17.6 Å². The number of carbonyl (C=O) groups excluding carboxylic acids is 1. The molecule has 1 atom stereocenters. The van der Waals surface area contributed by atoms with Gasteiger partial charge in [0.05, 0.1) is 25.4 Å². The van der Waals surface area contributed by atoms with E-state index in [9.17, 15) is 19.1 Å². The number of carbonyl (C=O) groups is 2. The summed E-state index contributed by atoms with van der Waals surface area (Å²) in [5.74, 6) is -2.31. The molecule has 0 aliphatic carbocycles. The number of aryl methyl sites for hydroxylation is 2. The maximum atomic E-state index is 14.5. The number of unbranched alkanes of at least 4 members (excludes halogenated alkanes) is 1. The highest BCUT2D eigenvalue weighted by molar-refractivity contribution is 5.87. The number of hydrogen-bond donors (Lipinski definition) is 1. The van der Waals surface area contributed by atoms with Crippen molar-refractivity contribution in [2.24, 2.45) is 0 Å². The van der Waals surface area contributed by atoms with Gasteiger partial charge in [-0.2, -0.15) is 0 Å². The van der Waals surface area contributed by atoms with E-state index in [1.165, 1.54) is 30.4 Å². The zero-order chi connectivity index (χ0) is 31.1. The molecular formula is C37H40FNO5. The van der Waals surface area contributed by atoms with Gasteiger partial charge in [0, 0.05) is 19.5 Å². The number of rotatable bonds is 17. The molecule has 4 aromatic carbocycles. The summed E-state index contributed by atoms with van der Waals surface area (Å²) in [5, 5.41) is 9.23. The molecule has 0 aromatic heterocycles. The van der Waals surface area contributed by atoms with Gasteiger partial charge in [-0.15, -0.1) is 0 Å². The Kier molecular flexibility index (Phi) is 12.7. The second-order valence-electron chi connectivity index (χ2n) is 10.9. The zero-order valence-electron chi connectivity index (χ0n) is 25.2. The van der Waals surface area contributed by atoms with Gasteiger partial charge in [-0.3, -0.25) is 9.69 Å². The van der Waals surface area contributed by atoms with E-state index in [2.05, 4.69) is 53.4 Å². The van der Waals surface area contributed by atoms with Gasteiger partial charge in [0.25, 0.3) is 0 Å². The van der Waals surface area contributed by atoms with Crippen LogP contribution in [0.1, 0.15) is 63.5 Å². The molecule has 0 aliphatic rings. The molecule has 0 saturated heterocycles. The Bertz CT molecular complexity index is 1460. The lowest BCUT2D eigenvalue weighted by molar-refractivity contribution is -0.140. The molecule has 0 radical (unpaired) electrons. The third kappa shape index (κ3) is 10.4. The zero-order valence-corrected chi connectivity index (χ0v) is 25.2. The quantitative estimate of drug-likeness (QED) is 0.101. The number of ether oxygens (including phenoxy) is 2. The largest absolute Gasteiger partial charge is 0.478 e. The van der Waals surface area contributed by atoms with E-state index in [1.807, 2.05) is 36.4 Å². The van der Waals surface area contributed by atoms with Crippen LogP contribution in [0.3, 0.4) is 0 Å². The van der Waals surface area contributed by atoms with Crippen LogP contribution in [-0.2, 0) is 40.3 Å². The van der Waals surface area contributed by atoms with Gasteiger partial charge >= 0.3 is 11.9 Å². The number of benzene rings is 4. The summed E-state index contributed by atoms with van der Waals surface area (Å²) >= 11 is 0. The van der Waals surface area contributed by atoms with E-state index >= 15 is 0 Å². The van der Waals surface area contributed by atoms with Crippen molar-refractivity contribution in [3.8, 4) is 0 Å². The third-order valence-electron chi connectivity index (χ3n) is 7.62. The Morgan fingerprint density at radius 3 is 2.05 bits per heavy atom. The summed E-state index contributed by atoms with van der Waals surface area (Å²) in [4.78, 5) is 25.1. The minimum absolute atomic E-state index is 0.250. The summed E-state index contributed by atoms with van der Waals surface area (Å²) in [6.07, 6.45) is 3.41. The van der Waals surface area contributed by atoms with Crippen LogP contribution < -0.4 is 0 Å². The molecule has 6 nitrogen and oxygen atoms in total. The fourth-order valence-electron chi connectivity index (χ4n) is 5.12. The van der Waals surface area contributed by atoms with Crippen molar-refractivity contribution in [2.75, 3.05) is 20.2 Å². The standard InChI is InChI=1S/C37H40FNO5/c1-43-36(40)14-8-9-23-39(25-31-21-22-33(37(41)42)34(38)24-31)26-35(32-12-6-3-7-13-32)44-27-30-19-17-29(18-20-30)16-15-28-10-4-2-5-11-28/h2-7,10-13,17-22,24,35H,8-9,14-16,23,25-27H2,1H3,(H,41,42). The maximum absolute atomic E-state index is 14.5. The number of nitrogens with zero attached hydrogens (tertiary/aromatic N) is 1. The molecule has 0 saturated carbocycles. The van der Waals surface area contributed by atoms with Crippen molar-refractivity contribution < 1.29 is 28.6 Å². The Balaban J connectivity index is 1.44. The average Bonchev–Trinajstić information content (AvgIpc) is 3.05. The lowest BCUT2D eigenvalue weighted by Gasteiger charge is -2.28. The summed E-state index contributed by atoms with van der Waals surface area (Å²) in [5.41, 5.74) is 5.01. The SMILES string of the molecule is COC(=O)CCCCN(Cc1ccc(C(=O)O)c(F)c1)CC(OCc1ccc(CCc2ccccc2)cc1)c1ccccc1. The highest BCUT2D eigenvalue weighted by atomic mass is 19.1. The van der Waals surface area contributed by atoms with Gasteiger partial charge in [-0.05, 0) is 72.2 Å². The number of carboxylic acids is 1. The summed E-state index contributed by atoms with van der Waals surface area (Å²) in [6, 6.07) is 33.2. The Morgan fingerprint density at radius 1 is 0.795 bits per heavy atom. The second kappa shape index (κ2) is 17.1. The second-order valence-corrected chi connectivity index (χ2v) is 10.9. The highest BCUT2D eigenvalue weighted by Crippen LogP contribution is 2.23. The lowest BCUT2D eigenvalue weighted by atomic mass is 10.0. The van der Waals surface area contributed by atoms with E-state index in [0.29, 0.717) is 44.6 Å². The summed E-state index contributed by atoms with van der Waals surface area (Å²) in [6.45, 7) is 2.00. The van der Waals surface area contributed by atoms with Crippen molar-refractivity contribution in [3.63, 3.8) is 0 Å². The molecule has 0 bridgehead atoms. The highest BCUT2D eigenvalue weighted by Gasteiger charge is 2.19. The summed E-state index contributed by atoms with van der Waals surface area (Å²) < 4.78 is 25.8. The van der Waals surface area contributed by atoms with Gasteiger partial charge < -0.3 is 14.6 Å². The number of aromatic carboxylic acids is 1. The predicted molar refractivity (Wildman–Crippen MR) is 169 cm³/mol. The number of hydrogen-bond acceptors (Lipinski definition) is 5. The van der Waals surface area contributed by atoms with Crippen LogP contribution in [0.25, 0.3) is 0 Å². The van der Waals surface area contributed by atoms with E-state index in [4.69, 9.17) is 9.47 Å². The Hall–Kier alpha value is -4.33. The van der Waals surface area contributed by atoms with Crippen molar-refractivity contribution >= 4 is 11.9 Å². The van der Waals surface area contributed by atoms with Crippen molar-refractivity contribution in [3.05, 3.63) is 142 Å². The van der Waals surface area contributed by atoms with Gasteiger partial charge in [0.2, 0.25) is 0 Å². The van der Waals surface area contributed by atoms with E-state index < -0.39 is 11.8 Å². The minimum Gasteiger partial charge on any atom is -0.478 e. The monoisotopic (exact) mass is 597 g/mol. The van der Waals surface area contributed by atoms with Crippen LogP contribution in [0.4, 0.5) is 4.39 Å². The lowest BCUT2D eigenvalue weighted by Crippen LogP contribution is -2.30. The predicted octanol–water partition coefficient (Wildman–Crippen LogP) is 7.41. The normalized spacial score (nSPS) is 11.8. The van der Waals surface area contributed by atoms with Crippen LogP contribution in [0.5, 0.6) is 0 Å². The molecule has 0 spiro atoms. The molecule has 0 amide bonds. The molecule has 230 valence electrons. The van der Waals surface area contributed by atoms with Gasteiger partial charge in [-0.1, -0.05) is 91.0 Å². The smallest absolute Gasteiger partial charge is 0.338 e. The third-order valence-corrected chi connectivity index (χ3v) is 7.62. The fourth-order valence-corrected chi connectivity index (χ4v) is 5.12. The van der Waals surface area contributed by atoms with Gasteiger partial charge in [-0.25, -0.2) is 9.18 Å². The van der Waals surface area contributed by atoms with Crippen LogP contribution >= 0.6 is 0 Å². The molecule has 0 heterocycles. The minimum atomic E-state index is -1.30. The fraction of sp³-hybridized carbons (Fsp3) is 0.297. The van der Waals surface area contributed by atoms with Gasteiger partial charge in [0.1, 0.15) is 5.82 Å². The van der Waals surface area contributed by atoms with Crippen molar-refractivity contribution in [1.82, 2.24) is 4.90 Å². The van der Waals surface area contributed by atoms with E-state index in [0.717, 1.165) is 30.4 Å². The van der Waals surface area contributed by atoms with Crippen LogP contribution in [0.15, 0.2) is 103 Å². The Labute approximate surface area is 259 Å². The number of methoxy groups -OCH3 is 1. The first-order valence-electron chi connectivity index (χ1n) is 15.0. The molecule has 0 aliphatic heterocycles. The molecule has 44 heavy (non-hydrogen) atoms. The van der Waals surface area contributed by atoms with E-state index in [1.54, 1.807) is 6.07 Å². The number of esters is 1. The number of halogens is 1. The first-order chi connectivity index (χ1) is 21.4. The molecule has 0 fully saturated rings. The molecule has 1 N–H and O–H groups in total. The molecule has 4 aromatic rings. The van der Waals surface area contributed by atoms with Crippen molar-refractivity contribution in [2.45, 2.75) is 51.4 Å². The number of carboxylic acid groups (broad SMARTS) is 1. The first-order valence-corrected chi connectivity index (χ1v) is 15.0. The molecule has 1 unspecified atom stereocenters. The van der Waals surface area contributed by atoms with Gasteiger partial charge in [0.15, 0.2) is 0 Å². The van der Waals surface area contributed by atoms with Crippen LogP contribution in [-0.4, -0.2) is 42.1 Å². The average molecular weight is 598 g/mol. The van der Waals surface area contributed by atoms with Crippen LogP contribution in [0.2, 0.25) is 0 Å². The molecule has 7 heteroatoms. The maximum Gasteiger partial charge on any atom is 0.338 e. The molecule has 4 rings (SSSR count). The van der Waals surface area contributed by atoms with Crippen LogP contribution in [0, 0.1) is 5.82 Å².